The molecule has 3 rings (SSSR count). The highest BCUT2D eigenvalue weighted by atomic mass is 16.4. The van der Waals surface area contributed by atoms with Crippen LogP contribution >= 0.6 is 0 Å². The Morgan fingerprint density at radius 2 is 1.92 bits per heavy atom. The molecule has 1 atom stereocenters. The van der Waals surface area contributed by atoms with Crippen LogP contribution in [0.5, 0.6) is 0 Å². The molecule has 0 spiro atoms. The SMILES string of the molecule is CC1(C(=O)O)CCCN1C(=O)C1=NN(c2ccccc2)C(=O)CC1. The summed E-state index contributed by atoms with van der Waals surface area (Å²) in [4.78, 5) is 37.8. The molecule has 0 bridgehead atoms. The van der Waals surface area contributed by atoms with Gasteiger partial charge in [0.05, 0.1) is 5.69 Å². The Morgan fingerprint density at radius 1 is 1.21 bits per heavy atom. The van der Waals surface area contributed by atoms with Crippen LogP contribution in [0.2, 0.25) is 0 Å². The van der Waals surface area contributed by atoms with Gasteiger partial charge in [0.1, 0.15) is 11.3 Å². The summed E-state index contributed by atoms with van der Waals surface area (Å²) in [6.45, 7) is 1.95. The van der Waals surface area contributed by atoms with Gasteiger partial charge >= 0.3 is 5.97 Å². The molecular formula is C17H19N3O4. The molecule has 1 unspecified atom stereocenters. The molecule has 2 aliphatic rings. The van der Waals surface area contributed by atoms with Gasteiger partial charge in [0, 0.05) is 19.4 Å². The largest absolute Gasteiger partial charge is 0.480 e. The van der Waals surface area contributed by atoms with Gasteiger partial charge in [-0.25, -0.2) is 9.80 Å². The van der Waals surface area contributed by atoms with Gasteiger partial charge < -0.3 is 10.0 Å². The Kier molecular flexibility index (Phi) is 4.09. The fourth-order valence-electron chi connectivity index (χ4n) is 3.15. The number of benzene rings is 1. The molecule has 2 amide bonds. The maximum absolute atomic E-state index is 12.8. The molecule has 0 radical (unpaired) electrons. The number of nitrogens with zero attached hydrogens (tertiary/aromatic N) is 3. The molecule has 0 aromatic heterocycles. The summed E-state index contributed by atoms with van der Waals surface area (Å²) < 4.78 is 0. The van der Waals surface area contributed by atoms with Crippen molar-refractivity contribution in [3.8, 4) is 0 Å². The van der Waals surface area contributed by atoms with E-state index in [9.17, 15) is 19.5 Å². The van der Waals surface area contributed by atoms with E-state index in [-0.39, 0.29) is 24.5 Å². The molecule has 7 nitrogen and oxygen atoms in total. The van der Waals surface area contributed by atoms with E-state index in [1.165, 1.54) is 9.91 Å². The number of hydrogen-bond donors (Lipinski definition) is 1. The van der Waals surface area contributed by atoms with Crippen LogP contribution < -0.4 is 5.01 Å². The van der Waals surface area contributed by atoms with Crippen molar-refractivity contribution < 1.29 is 19.5 Å². The fraction of sp³-hybridized carbons (Fsp3) is 0.412. The minimum Gasteiger partial charge on any atom is -0.480 e. The monoisotopic (exact) mass is 329 g/mol. The van der Waals surface area contributed by atoms with Crippen molar-refractivity contribution in [2.24, 2.45) is 5.10 Å². The van der Waals surface area contributed by atoms with E-state index in [4.69, 9.17) is 0 Å². The van der Waals surface area contributed by atoms with Crippen LogP contribution in [-0.2, 0) is 14.4 Å². The molecule has 1 saturated heterocycles. The lowest BCUT2D eigenvalue weighted by molar-refractivity contribution is -0.153. The number of para-hydroxylation sites is 1. The number of carbonyl (C=O) groups excluding carboxylic acids is 2. The second-order valence-corrected chi connectivity index (χ2v) is 6.23. The number of anilines is 1. The molecule has 1 aromatic carbocycles. The molecule has 2 aliphatic heterocycles. The van der Waals surface area contributed by atoms with E-state index in [1.54, 1.807) is 31.2 Å². The number of rotatable bonds is 3. The number of carboxylic acids is 1. The third-order valence-electron chi connectivity index (χ3n) is 4.63. The number of aliphatic carboxylic acids is 1. The summed E-state index contributed by atoms with van der Waals surface area (Å²) in [7, 11) is 0. The first kappa shape index (κ1) is 16.2. The Hall–Kier alpha value is -2.70. The van der Waals surface area contributed by atoms with Crippen LogP contribution in [0.15, 0.2) is 35.4 Å². The Labute approximate surface area is 139 Å². The van der Waals surface area contributed by atoms with Gasteiger partial charge in [0.15, 0.2) is 0 Å². The smallest absolute Gasteiger partial charge is 0.329 e. The van der Waals surface area contributed by atoms with Gasteiger partial charge in [-0.05, 0) is 31.9 Å². The molecule has 1 fully saturated rings. The Bertz CT molecular complexity index is 716. The minimum atomic E-state index is -1.21. The maximum atomic E-state index is 12.8. The molecule has 2 heterocycles. The van der Waals surface area contributed by atoms with Crippen LogP contribution in [0.25, 0.3) is 0 Å². The second kappa shape index (κ2) is 6.07. The molecule has 24 heavy (non-hydrogen) atoms. The first-order chi connectivity index (χ1) is 11.4. The van der Waals surface area contributed by atoms with E-state index < -0.39 is 17.4 Å². The molecular weight excluding hydrogens is 310 g/mol. The summed E-state index contributed by atoms with van der Waals surface area (Å²) in [5.74, 6) is -1.59. The van der Waals surface area contributed by atoms with Crippen molar-refractivity contribution in [1.29, 1.82) is 0 Å². The average Bonchev–Trinajstić information content (AvgIpc) is 2.99. The van der Waals surface area contributed by atoms with Gasteiger partial charge in [0.2, 0.25) is 5.91 Å². The molecule has 7 heteroatoms. The first-order valence-corrected chi connectivity index (χ1v) is 7.94. The molecule has 1 N–H and O–H groups in total. The van der Waals surface area contributed by atoms with Crippen molar-refractivity contribution in [2.45, 2.75) is 38.1 Å². The zero-order valence-corrected chi connectivity index (χ0v) is 13.4. The summed E-state index contributed by atoms with van der Waals surface area (Å²) in [5, 5.41) is 14.9. The normalized spacial score (nSPS) is 24.0. The predicted octanol–water partition coefficient (Wildman–Crippen LogP) is 1.64. The Morgan fingerprint density at radius 3 is 2.58 bits per heavy atom. The van der Waals surface area contributed by atoms with E-state index >= 15 is 0 Å². The molecule has 0 aliphatic carbocycles. The number of carbonyl (C=O) groups is 3. The van der Waals surface area contributed by atoms with Gasteiger partial charge in [-0.1, -0.05) is 18.2 Å². The molecule has 126 valence electrons. The van der Waals surface area contributed by atoms with Crippen LogP contribution in [-0.4, -0.2) is 45.6 Å². The number of hydrazone groups is 1. The standard InChI is InChI=1S/C17H19N3O4/c1-17(16(23)24)10-5-11-19(17)15(22)13-8-9-14(21)20(18-13)12-6-3-2-4-7-12/h2-4,6-7H,5,8-11H2,1H3,(H,23,24). The van der Waals surface area contributed by atoms with Crippen molar-refractivity contribution in [3.63, 3.8) is 0 Å². The van der Waals surface area contributed by atoms with Crippen LogP contribution in [0.4, 0.5) is 5.69 Å². The first-order valence-electron chi connectivity index (χ1n) is 7.94. The highest BCUT2D eigenvalue weighted by Crippen LogP contribution is 2.30. The van der Waals surface area contributed by atoms with Crippen molar-refractivity contribution in [3.05, 3.63) is 30.3 Å². The van der Waals surface area contributed by atoms with Gasteiger partial charge in [-0.2, -0.15) is 5.10 Å². The number of hydrogen-bond acceptors (Lipinski definition) is 4. The summed E-state index contributed by atoms with van der Waals surface area (Å²) >= 11 is 0. The summed E-state index contributed by atoms with van der Waals surface area (Å²) in [6, 6.07) is 8.89. The highest BCUT2D eigenvalue weighted by molar-refractivity contribution is 6.40. The van der Waals surface area contributed by atoms with Crippen LogP contribution in [0, 0.1) is 0 Å². The van der Waals surface area contributed by atoms with Crippen LogP contribution in [0.3, 0.4) is 0 Å². The van der Waals surface area contributed by atoms with Crippen LogP contribution in [0.1, 0.15) is 32.6 Å². The van der Waals surface area contributed by atoms with E-state index in [2.05, 4.69) is 5.10 Å². The molecule has 0 saturated carbocycles. The van der Waals surface area contributed by atoms with E-state index in [1.807, 2.05) is 6.07 Å². The predicted molar refractivity (Wildman–Crippen MR) is 87.6 cm³/mol. The lowest BCUT2D eigenvalue weighted by atomic mass is 9.98. The maximum Gasteiger partial charge on any atom is 0.329 e. The van der Waals surface area contributed by atoms with Gasteiger partial charge in [-0.3, -0.25) is 9.59 Å². The van der Waals surface area contributed by atoms with Crippen molar-refractivity contribution in [2.75, 3.05) is 11.6 Å². The zero-order chi connectivity index (χ0) is 17.3. The summed E-state index contributed by atoms with van der Waals surface area (Å²) in [6.07, 6.45) is 1.47. The number of amides is 2. The number of carboxylic acid groups (broad SMARTS) is 1. The average molecular weight is 329 g/mol. The van der Waals surface area contributed by atoms with Crippen molar-refractivity contribution >= 4 is 29.2 Å². The second-order valence-electron chi connectivity index (χ2n) is 6.23. The minimum absolute atomic E-state index is 0.178. The third kappa shape index (κ3) is 2.66. The van der Waals surface area contributed by atoms with Gasteiger partial charge in [-0.15, -0.1) is 0 Å². The number of likely N-dealkylation sites (tertiary alicyclic amines) is 1. The molecule has 1 aromatic rings. The lowest BCUT2D eigenvalue weighted by Crippen LogP contribution is -2.53. The lowest BCUT2D eigenvalue weighted by Gasteiger charge is -2.32. The fourth-order valence-corrected chi connectivity index (χ4v) is 3.15. The Balaban J connectivity index is 1.90. The van der Waals surface area contributed by atoms with E-state index in [0.717, 1.165) is 0 Å². The summed E-state index contributed by atoms with van der Waals surface area (Å²) in [5.41, 5.74) is -0.388. The third-order valence-corrected chi connectivity index (χ3v) is 4.63. The van der Waals surface area contributed by atoms with E-state index in [0.29, 0.717) is 25.1 Å². The van der Waals surface area contributed by atoms with Gasteiger partial charge in [0.25, 0.3) is 5.91 Å². The topological polar surface area (TPSA) is 90.3 Å². The zero-order valence-electron chi connectivity index (χ0n) is 13.4. The highest BCUT2D eigenvalue weighted by Gasteiger charge is 2.47. The van der Waals surface area contributed by atoms with Crippen molar-refractivity contribution in [1.82, 2.24) is 4.90 Å². The quantitative estimate of drug-likeness (QED) is 0.912.